The van der Waals surface area contributed by atoms with Crippen LogP contribution in [0, 0.1) is 11.8 Å². The molecule has 0 spiro atoms. The van der Waals surface area contributed by atoms with Gasteiger partial charge in [-0.25, -0.2) is 0 Å². The molecule has 0 unspecified atom stereocenters. The van der Waals surface area contributed by atoms with Crippen molar-refractivity contribution in [2.24, 2.45) is 11.8 Å². The Morgan fingerprint density at radius 1 is 0.833 bits per heavy atom. The van der Waals surface area contributed by atoms with Crippen LogP contribution >= 0.6 is 0 Å². The van der Waals surface area contributed by atoms with Crippen molar-refractivity contribution in [2.75, 3.05) is 19.6 Å². The summed E-state index contributed by atoms with van der Waals surface area (Å²) in [5, 5.41) is 10.3. The molecule has 4 aliphatic heterocycles. The van der Waals surface area contributed by atoms with Crippen molar-refractivity contribution in [3.05, 3.63) is 0 Å². The molecule has 4 saturated heterocycles. The van der Waals surface area contributed by atoms with Gasteiger partial charge in [0.15, 0.2) is 0 Å². The van der Waals surface area contributed by atoms with Gasteiger partial charge in [0.25, 0.3) is 0 Å². The smallest absolute Gasteiger partial charge is 0.107 e. The fourth-order valence-corrected chi connectivity index (χ4v) is 5.27. The number of aliphatic hydroxyl groups excluding tert-OH is 1. The summed E-state index contributed by atoms with van der Waals surface area (Å²) in [6.45, 7) is 3.82. The lowest BCUT2D eigenvalue weighted by molar-refractivity contribution is -0.140. The summed E-state index contributed by atoms with van der Waals surface area (Å²) in [5.41, 5.74) is 0. The molecule has 0 aliphatic carbocycles. The summed E-state index contributed by atoms with van der Waals surface area (Å²) in [5.74, 6) is 1.68. The number of nitrogens with zero attached hydrogens (tertiary/aromatic N) is 2. The fraction of sp³-hybridized carbons (Fsp3) is 1.00. The molecule has 18 heavy (non-hydrogen) atoms. The summed E-state index contributed by atoms with van der Waals surface area (Å²) < 4.78 is 0. The molecule has 102 valence electrons. The van der Waals surface area contributed by atoms with Crippen LogP contribution in [0.1, 0.15) is 44.9 Å². The Morgan fingerprint density at radius 3 is 2.61 bits per heavy atom. The first kappa shape index (κ1) is 11.7. The summed E-state index contributed by atoms with van der Waals surface area (Å²) in [6, 6.07) is 1.53. The molecule has 0 amide bonds. The predicted octanol–water partition coefficient (Wildman–Crippen LogP) is 1.66. The van der Waals surface area contributed by atoms with Gasteiger partial charge in [-0.2, -0.15) is 0 Å². The van der Waals surface area contributed by atoms with E-state index in [-0.39, 0.29) is 6.23 Å². The van der Waals surface area contributed by atoms with Crippen LogP contribution in [0.5, 0.6) is 0 Å². The Balaban J connectivity index is 1.58. The Labute approximate surface area is 110 Å². The zero-order valence-electron chi connectivity index (χ0n) is 11.3. The lowest BCUT2D eigenvalue weighted by Crippen LogP contribution is -2.65. The van der Waals surface area contributed by atoms with Crippen molar-refractivity contribution in [3.8, 4) is 0 Å². The minimum absolute atomic E-state index is 0.135. The number of piperidine rings is 4. The highest BCUT2D eigenvalue weighted by atomic mass is 16.3. The Kier molecular flexibility index (Phi) is 2.90. The maximum atomic E-state index is 10.3. The average Bonchev–Trinajstić information content (AvgIpc) is 2.40. The predicted molar refractivity (Wildman–Crippen MR) is 71.2 cm³/mol. The van der Waals surface area contributed by atoms with Crippen molar-refractivity contribution in [2.45, 2.75) is 63.3 Å². The highest BCUT2D eigenvalue weighted by Gasteiger charge is 2.48. The zero-order chi connectivity index (χ0) is 12.1. The maximum Gasteiger partial charge on any atom is 0.107 e. The molecule has 3 heteroatoms. The van der Waals surface area contributed by atoms with E-state index >= 15 is 0 Å². The van der Waals surface area contributed by atoms with Crippen LogP contribution in [-0.2, 0) is 0 Å². The Bertz CT molecular complexity index is 322. The molecule has 0 aromatic rings. The molecule has 5 atom stereocenters. The molecule has 0 radical (unpaired) electrons. The van der Waals surface area contributed by atoms with E-state index in [0.717, 1.165) is 24.3 Å². The molecular formula is C15H26N2O. The molecule has 4 rings (SSSR count). The lowest BCUT2D eigenvalue weighted by atomic mass is 9.71. The van der Waals surface area contributed by atoms with E-state index in [9.17, 15) is 5.11 Å². The second-order valence-electron chi connectivity index (χ2n) is 6.99. The Hall–Kier alpha value is -0.120. The lowest BCUT2D eigenvalue weighted by Gasteiger charge is -2.58. The van der Waals surface area contributed by atoms with E-state index in [1.54, 1.807) is 0 Å². The quantitative estimate of drug-likeness (QED) is 0.708. The molecule has 4 heterocycles. The van der Waals surface area contributed by atoms with Gasteiger partial charge in [0, 0.05) is 25.2 Å². The van der Waals surface area contributed by atoms with Crippen molar-refractivity contribution in [3.63, 3.8) is 0 Å². The van der Waals surface area contributed by atoms with Crippen molar-refractivity contribution in [1.82, 2.24) is 9.80 Å². The number of aliphatic hydroxyl groups is 1. The third kappa shape index (κ3) is 1.75. The van der Waals surface area contributed by atoms with Crippen LogP contribution in [0.2, 0.25) is 0 Å². The van der Waals surface area contributed by atoms with Gasteiger partial charge in [0.1, 0.15) is 6.23 Å². The van der Waals surface area contributed by atoms with Crippen LogP contribution < -0.4 is 0 Å². The molecule has 0 saturated carbocycles. The van der Waals surface area contributed by atoms with Crippen LogP contribution in [0.15, 0.2) is 0 Å². The Morgan fingerprint density at radius 2 is 1.67 bits per heavy atom. The van der Waals surface area contributed by atoms with Gasteiger partial charge >= 0.3 is 0 Å². The van der Waals surface area contributed by atoms with E-state index in [4.69, 9.17) is 0 Å². The van der Waals surface area contributed by atoms with Crippen LogP contribution in [-0.4, -0.2) is 52.9 Å². The first-order chi connectivity index (χ1) is 8.83. The molecule has 4 fully saturated rings. The molecule has 0 aromatic carbocycles. The van der Waals surface area contributed by atoms with Crippen LogP contribution in [0.3, 0.4) is 0 Å². The van der Waals surface area contributed by atoms with E-state index in [0.29, 0.717) is 6.04 Å². The van der Waals surface area contributed by atoms with E-state index in [1.165, 1.54) is 58.2 Å². The number of rotatable bonds is 0. The van der Waals surface area contributed by atoms with Gasteiger partial charge < -0.3 is 5.11 Å². The number of hydrogen-bond acceptors (Lipinski definition) is 3. The van der Waals surface area contributed by atoms with Crippen LogP contribution in [0.4, 0.5) is 0 Å². The second kappa shape index (κ2) is 4.46. The zero-order valence-corrected chi connectivity index (χ0v) is 11.3. The first-order valence-corrected chi connectivity index (χ1v) is 8.01. The molecular weight excluding hydrogens is 224 g/mol. The van der Waals surface area contributed by atoms with E-state index in [2.05, 4.69) is 9.80 Å². The molecule has 4 aliphatic rings. The second-order valence-corrected chi connectivity index (χ2v) is 6.99. The SMILES string of the molecule is O[C@H]1CCC[C@@H]2[C@@H]3C[C@H](CN21)[C@H]1CCCCN1C3. The maximum absolute atomic E-state index is 10.3. The van der Waals surface area contributed by atoms with Gasteiger partial charge in [0.2, 0.25) is 0 Å². The van der Waals surface area contributed by atoms with Gasteiger partial charge in [-0.1, -0.05) is 6.42 Å². The molecule has 1 N–H and O–H groups in total. The number of hydrogen-bond donors (Lipinski definition) is 1. The monoisotopic (exact) mass is 250 g/mol. The van der Waals surface area contributed by atoms with E-state index in [1.807, 2.05) is 0 Å². The molecule has 3 nitrogen and oxygen atoms in total. The van der Waals surface area contributed by atoms with E-state index < -0.39 is 0 Å². The fourth-order valence-electron chi connectivity index (χ4n) is 5.27. The van der Waals surface area contributed by atoms with Crippen molar-refractivity contribution >= 4 is 0 Å². The first-order valence-electron chi connectivity index (χ1n) is 8.01. The molecule has 2 bridgehead atoms. The van der Waals surface area contributed by atoms with Gasteiger partial charge in [0.05, 0.1) is 0 Å². The highest BCUT2D eigenvalue weighted by molar-refractivity contribution is 5.01. The summed E-state index contributed by atoms with van der Waals surface area (Å²) >= 11 is 0. The summed E-state index contributed by atoms with van der Waals surface area (Å²) in [6.07, 6.45) is 9.11. The largest absolute Gasteiger partial charge is 0.378 e. The molecule has 0 aromatic heterocycles. The van der Waals surface area contributed by atoms with Crippen molar-refractivity contribution in [1.29, 1.82) is 0 Å². The topological polar surface area (TPSA) is 26.7 Å². The minimum Gasteiger partial charge on any atom is -0.378 e. The average molecular weight is 250 g/mol. The normalized spacial score (nSPS) is 49.5. The third-order valence-corrected chi connectivity index (χ3v) is 6.04. The summed E-state index contributed by atoms with van der Waals surface area (Å²) in [7, 11) is 0. The van der Waals surface area contributed by atoms with Crippen LogP contribution in [0.25, 0.3) is 0 Å². The summed E-state index contributed by atoms with van der Waals surface area (Å²) in [4.78, 5) is 5.26. The van der Waals surface area contributed by atoms with Gasteiger partial charge in [-0.05, 0) is 56.9 Å². The van der Waals surface area contributed by atoms with Gasteiger partial charge in [-0.3, -0.25) is 9.80 Å². The van der Waals surface area contributed by atoms with Gasteiger partial charge in [-0.15, -0.1) is 0 Å². The third-order valence-electron chi connectivity index (χ3n) is 6.04. The minimum atomic E-state index is -0.135. The highest BCUT2D eigenvalue weighted by Crippen LogP contribution is 2.43. The standard InChI is InChI=1S/C15H26N2O/c18-15-6-3-5-14-11-8-12(10-17(14)15)13-4-1-2-7-16(13)9-11/h11-15,18H,1-10H2/t11-,12-,13-,14-,15+/m1/s1. The number of fused-ring (bicyclic) bond motifs is 6. The van der Waals surface area contributed by atoms with Crippen molar-refractivity contribution < 1.29 is 5.11 Å².